The van der Waals surface area contributed by atoms with Gasteiger partial charge in [-0.2, -0.15) is 0 Å². The van der Waals surface area contributed by atoms with E-state index in [2.05, 4.69) is 5.16 Å². The van der Waals surface area contributed by atoms with Crippen molar-refractivity contribution < 1.29 is 23.6 Å². The van der Waals surface area contributed by atoms with Crippen molar-refractivity contribution in [3.8, 4) is 11.5 Å². The van der Waals surface area contributed by atoms with Crippen LogP contribution in [0.15, 0.2) is 34.9 Å². The fourth-order valence-electron chi connectivity index (χ4n) is 3.69. The Morgan fingerprint density at radius 3 is 2.67 bits per heavy atom. The van der Waals surface area contributed by atoms with Crippen LogP contribution in [0.25, 0.3) is 0 Å². The maximum absolute atomic E-state index is 12.9. The highest BCUT2D eigenvalue weighted by atomic mass is 16.5. The Morgan fingerprint density at radius 1 is 1.23 bits per heavy atom. The first-order valence-electron chi connectivity index (χ1n) is 10.4. The number of rotatable bonds is 8. The van der Waals surface area contributed by atoms with Gasteiger partial charge < -0.3 is 23.8 Å². The minimum absolute atomic E-state index is 0.114. The summed E-state index contributed by atoms with van der Waals surface area (Å²) in [5.74, 6) is 1.37. The Hall–Kier alpha value is -3.03. The number of carbonyl (C=O) groups excluding carboxylic acids is 2. The van der Waals surface area contributed by atoms with Crippen molar-refractivity contribution in [2.24, 2.45) is 5.92 Å². The number of hydrogen-bond acceptors (Lipinski definition) is 6. The van der Waals surface area contributed by atoms with Crippen LogP contribution in [0.3, 0.4) is 0 Å². The third-order valence-electron chi connectivity index (χ3n) is 5.35. The summed E-state index contributed by atoms with van der Waals surface area (Å²) in [5.41, 5.74) is 0.226. The fourth-order valence-corrected chi connectivity index (χ4v) is 3.69. The van der Waals surface area contributed by atoms with Gasteiger partial charge in [-0.05, 0) is 38.8 Å². The number of benzene rings is 1. The molecule has 1 aromatic heterocycles. The number of piperidine rings is 1. The van der Waals surface area contributed by atoms with Gasteiger partial charge in [0.05, 0.1) is 13.0 Å². The lowest BCUT2D eigenvalue weighted by molar-refractivity contribution is -0.136. The summed E-state index contributed by atoms with van der Waals surface area (Å²) < 4.78 is 16.3. The van der Waals surface area contributed by atoms with E-state index >= 15 is 0 Å². The molecule has 0 bridgehead atoms. The van der Waals surface area contributed by atoms with Crippen molar-refractivity contribution in [2.45, 2.75) is 33.3 Å². The molecule has 1 aromatic carbocycles. The smallest absolute Gasteiger partial charge is 0.276 e. The number of hydrogen-bond donors (Lipinski definition) is 0. The highest BCUT2D eigenvalue weighted by Crippen LogP contribution is 2.27. The fraction of sp³-hybridized carbons (Fsp3) is 0.500. The van der Waals surface area contributed by atoms with Crippen molar-refractivity contribution in [3.63, 3.8) is 0 Å². The van der Waals surface area contributed by atoms with Crippen LogP contribution in [0.4, 0.5) is 0 Å². The van der Waals surface area contributed by atoms with Crippen LogP contribution in [0.2, 0.25) is 0 Å². The molecule has 8 nitrogen and oxygen atoms in total. The van der Waals surface area contributed by atoms with Gasteiger partial charge >= 0.3 is 0 Å². The monoisotopic (exact) mass is 415 g/mol. The Labute approximate surface area is 176 Å². The van der Waals surface area contributed by atoms with E-state index in [-0.39, 0.29) is 30.0 Å². The predicted molar refractivity (Wildman–Crippen MR) is 110 cm³/mol. The summed E-state index contributed by atoms with van der Waals surface area (Å²) in [5, 5.41) is 3.91. The van der Waals surface area contributed by atoms with E-state index in [0.29, 0.717) is 43.4 Å². The molecule has 1 aliphatic rings. The van der Waals surface area contributed by atoms with Gasteiger partial charge in [0.15, 0.2) is 23.0 Å². The van der Waals surface area contributed by atoms with Crippen LogP contribution in [-0.4, -0.2) is 60.1 Å². The Morgan fingerprint density at radius 2 is 1.97 bits per heavy atom. The molecule has 0 saturated carbocycles. The Bertz CT molecular complexity index is 862. The van der Waals surface area contributed by atoms with E-state index in [9.17, 15) is 9.59 Å². The number of nitrogens with zero attached hydrogens (tertiary/aromatic N) is 3. The van der Waals surface area contributed by atoms with Crippen LogP contribution in [-0.2, 0) is 11.4 Å². The van der Waals surface area contributed by atoms with Crippen LogP contribution >= 0.6 is 0 Å². The van der Waals surface area contributed by atoms with Crippen molar-refractivity contribution >= 4 is 11.8 Å². The molecule has 2 aromatic rings. The highest BCUT2D eigenvalue weighted by Gasteiger charge is 2.31. The zero-order valence-corrected chi connectivity index (χ0v) is 17.8. The maximum atomic E-state index is 12.9. The van der Waals surface area contributed by atoms with E-state index in [1.807, 2.05) is 30.9 Å². The molecule has 2 heterocycles. The number of methoxy groups -OCH3 is 1. The van der Waals surface area contributed by atoms with E-state index in [1.54, 1.807) is 30.2 Å². The van der Waals surface area contributed by atoms with Crippen LogP contribution in [0, 0.1) is 5.92 Å². The molecule has 1 fully saturated rings. The lowest BCUT2D eigenvalue weighted by Crippen LogP contribution is -2.46. The molecule has 162 valence electrons. The standard InChI is InChI=1S/C22H29N3O5/c1-4-24(5-2)21(26)16-9-8-12-25(14-16)22(27)18-13-17(30-23-18)15-29-20-11-7-6-10-19(20)28-3/h6-7,10-11,13,16H,4-5,8-9,12,14-15H2,1-3H3. The first-order chi connectivity index (χ1) is 14.6. The quantitative estimate of drug-likeness (QED) is 0.659. The molecule has 1 aliphatic heterocycles. The molecule has 0 aliphatic carbocycles. The molecule has 8 heteroatoms. The number of likely N-dealkylation sites (tertiary alicyclic amines) is 1. The second kappa shape index (κ2) is 10.1. The van der Waals surface area contributed by atoms with Crippen molar-refractivity contribution in [2.75, 3.05) is 33.3 Å². The molecule has 2 amide bonds. The molecule has 1 unspecified atom stereocenters. The third kappa shape index (κ3) is 4.93. The van der Waals surface area contributed by atoms with Gasteiger partial charge in [0, 0.05) is 32.2 Å². The van der Waals surface area contributed by atoms with Crippen molar-refractivity contribution in [1.82, 2.24) is 15.0 Å². The molecular formula is C22H29N3O5. The molecule has 1 atom stereocenters. The Balaban J connectivity index is 1.60. The number of para-hydroxylation sites is 2. The topological polar surface area (TPSA) is 85.1 Å². The highest BCUT2D eigenvalue weighted by molar-refractivity contribution is 5.92. The van der Waals surface area contributed by atoms with Crippen LogP contribution in [0.5, 0.6) is 11.5 Å². The summed E-state index contributed by atoms with van der Waals surface area (Å²) in [6.07, 6.45) is 1.60. The average Bonchev–Trinajstić information content (AvgIpc) is 3.27. The van der Waals surface area contributed by atoms with Crippen LogP contribution in [0.1, 0.15) is 42.9 Å². The summed E-state index contributed by atoms with van der Waals surface area (Å²) in [4.78, 5) is 29.1. The third-order valence-corrected chi connectivity index (χ3v) is 5.35. The number of aromatic nitrogens is 1. The summed E-state index contributed by atoms with van der Waals surface area (Å²) in [6.45, 7) is 6.45. The summed E-state index contributed by atoms with van der Waals surface area (Å²) >= 11 is 0. The second-order valence-corrected chi connectivity index (χ2v) is 7.22. The number of ether oxygens (including phenoxy) is 2. The van der Waals surface area contributed by atoms with Gasteiger partial charge in [-0.3, -0.25) is 9.59 Å². The normalized spacial score (nSPS) is 16.2. The van der Waals surface area contributed by atoms with Crippen LogP contribution < -0.4 is 9.47 Å². The second-order valence-electron chi connectivity index (χ2n) is 7.22. The minimum atomic E-state index is -0.223. The summed E-state index contributed by atoms with van der Waals surface area (Å²) in [7, 11) is 1.57. The molecule has 0 spiro atoms. The van der Waals surface area contributed by atoms with Crippen molar-refractivity contribution in [1.29, 1.82) is 0 Å². The Kier molecular flexibility index (Phi) is 7.32. The predicted octanol–water partition coefficient (Wildman–Crippen LogP) is 2.98. The minimum Gasteiger partial charge on any atom is -0.493 e. The zero-order valence-electron chi connectivity index (χ0n) is 17.8. The molecule has 1 saturated heterocycles. The molecule has 0 N–H and O–H groups in total. The molecular weight excluding hydrogens is 386 g/mol. The zero-order chi connectivity index (χ0) is 21.5. The SMILES string of the molecule is CCN(CC)C(=O)C1CCCN(C(=O)c2cc(COc3ccccc3OC)on2)C1. The first kappa shape index (κ1) is 21.7. The number of amides is 2. The van der Waals surface area contributed by atoms with E-state index in [4.69, 9.17) is 14.0 Å². The summed E-state index contributed by atoms with van der Waals surface area (Å²) in [6, 6.07) is 8.89. The van der Waals surface area contributed by atoms with Gasteiger partial charge in [-0.1, -0.05) is 17.3 Å². The first-order valence-corrected chi connectivity index (χ1v) is 10.4. The lowest BCUT2D eigenvalue weighted by atomic mass is 9.96. The van der Waals surface area contributed by atoms with Crippen molar-refractivity contribution in [3.05, 3.63) is 41.8 Å². The van der Waals surface area contributed by atoms with Gasteiger partial charge in [0.1, 0.15) is 6.61 Å². The van der Waals surface area contributed by atoms with Gasteiger partial charge in [-0.25, -0.2) is 0 Å². The van der Waals surface area contributed by atoms with Gasteiger partial charge in [0.25, 0.3) is 5.91 Å². The van der Waals surface area contributed by atoms with E-state index in [1.165, 1.54) is 0 Å². The van der Waals surface area contributed by atoms with E-state index in [0.717, 1.165) is 12.8 Å². The molecule has 3 rings (SSSR count). The molecule has 0 radical (unpaired) electrons. The largest absolute Gasteiger partial charge is 0.493 e. The van der Waals surface area contributed by atoms with Gasteiger partial charge in [0.2, 0.25) is 5.91 Å². The maximum Gasteiger partial charge on any atom is 0.276 e. The lowest BCUT2D eigenvalue weighted by Gasteiger charge is -2.34. The van der Waals surface area contributed by atoms with Gasteiger partial charge in [-0.15, -0.1) is 0 Å². The average molecular weight is 415 g/mol. The van der Waals surface area contributed by atoms with E-state index < -0.39 is 0 Å². The number of carbonyl (C=O) groups is 2. The molecule has 30 heavy (non-hydrogen) atoms.